The number of halogens is 4. The number of alkyl halides is 4. The molecule has 0 aliphatic rings. The minimum atomic E-state index is -4.64. The second-order valence-corrected chi connectivity index (χ2v) is 4.14. The van der Waals surface area contributed by atoms with Crippen LogP contribution in [0.1, 0.15) is 0 Å². The van der Waals surface area contributed by atoms with Crippen molar-refractivity contribution in [2.45, 2.75) is 12.3 Å². The monoisotopic (exact) mass is 311 g/mol. The van der Waals surface area contributed by atoms with E-state index in [-0.39, 0.29) is 0 Å². The summed E-state index contributed by atoms with van der Waals surface area (Å²) in [6.07, 6.45) is -3.65. The number of phosphoric acid groups is 2. The zero-order valence-corrected chi connectivity index (χ0v) is 9.48. The summed E-state index contributed by atoms with van der Waals surface area (Å²) in [6.45, 7) is 1.89. The van der Waals surface area contributed by atoms with Gasteiger partial charge in [-0.15, -0.1) is 0 Å². The van der Waals surface area contributed by atoms with Gasteiger partial charge in [0.2, 0.25) is 0 Å². The predicted molar refractivity (Wildman–Crippen MR) is 44.8 cm³/mol. The molecular weight excluding hydrogens is 302 g/mol. The number of rotatable bonds is 1. The Balaban J connectivity index is -0.000000177. The average molecular weight is 311 g/mol. The summed E-state index contributed by atoms with van der Waals surface area (Å²) in [4.78, 5) is 43.1. The predicted octanol–water partition coefficient (Wildman–Crippen LogP) is -0.136. The van der Waals surface area contributed by atoms with Crippen molar-refractivity contribution in [1.29, 1.82) is 0 Å². The fraction of sp³-hybridized carbons (Fsp3) is 0.667. The fourth-order valence-corrected chi connectivity index (χ4v) is 0. The molecule has 14 heteroatoms. The Kier molecular flexibility index (Phi) is 10.6. The van der Waals surface area contributed by atoms with Gasteiger partial charge in [-0.1, -0.05) is 0 Å². The van der Waals surface area contributed by atoms with Gasteiger partial charge < -0.3 is 29.4 Å². The zero-order valence-electron chi connectivity index (χ0n) is 7.69. The molecular formula is C3H9F4O8P2. The third-order valence-electron chi connectivity index (χ3n) is 0.319. The van der Waals surface area contributed by atoms with Crippen LogP contribution < -0.4 is 0 Å². The molecule has 0 rings (SSSR count). The normalized spacial score (nSPS) is 12.2. The smallest absolute Gasteiger partial charge is 0.303 e. The lowest BCUT2D eigenvalue weighted by Crippen LogP contribution is -2.21. The quantitative estimate of drug-likeness (QED) is 0.289. The molecule has 0 aliphatic heterocycles. The van der Waals surface area contributed by atoms with E-state index >= 15 is 0 Å². The van der Waals surface area contributed by atoms with Crippen LogP contribution in [-0.4, -0.2) is 41.7 Å². The molecule has 0 atom stereocenters. The van der Waals surface area contributed by atoms with Gasteiger partial charge in [0, 0.05) is 6.92 Å². The van der Waals surface area contributed by atoms with Crippen molar-refractivity contribution in [3.05, 3.63) is 6.92 Å². The van der Waals surface area contributed by atoms with Gasteiger partial charge in [0.25, 0.3) is 0 Å². The van der Waals surface area contributed by atoms with Gasteiger partial charge >= 0.3 is 28.0 Å². The average Bonchev–Trinajstić information content (AvgIpc) is 1.74. The van der Waals surface area contributed by atoms with E-state index in [9.17, 15) is 17.6 Å². The van der Waals surface area contributed by atoms with Crippen molar-refractivity contribution in [3.63, 3.8) is 0 Å². The first-order chi connectivity index (χ1) is 6.94. The SMILES string of the molecule is O=P(O)(O)O.O=P(O)(O)O.[CH2]C(F)(F)C(F)F. The highest BCUT2D eigenvalue weighted by atomic mass is 31.2. The Morgan fingerprint density at radius 3 is 0.941 bits per heavy atom. The Bertz CT molecular complexity index is 240. The zero-order chi connectivity index (χ0) is 15.1. The molecule has 0 amide bonds. The van der Waals surface area contributed by atoms with Crippen molar-refractivity contribution in [1.82, 2.24) is 0 Å². The Morgan fingerprint density at radius 2 is 0.941 bits per heavy atom. The highest BCUT2D eigenvalue weighted by Crippen LogP contribution is 2.26. The van der Waals surface area contributed by atoms with Gasteiger partial charge in [0.05, 0.1) is 0 Å². The molecule has 17 heavy (non-hydrogen) atoms. The molecule has 0 saturated carbocycles. The lowest BCUT2D eigenvalue weighted by atomic mass is 10.4. The molecule has 0 saturated heterocycles. The lowest BCUT2D eigenvalue weighted by molar-refractivity contribution is -0.0930. The van der Waals surface area contributed by atoms with Crippen LogP contribution in [0.2, 0.25) is 0 Å². The lowest BCUT2D eigenvalue weighted by Gasteiger charge is -2.05. The molecule has 0 aromatic heterocycles. The molecule has 0 aromatic carbocycles. The summed E-state index contributed by atoms with van der Waals surface area (Å²) < 4.78 is 61.2. The summed E-state index contributed by atoms with van der Waals surface area (Å²) in [6, 6.07) is 0. The molecule has 0 unspecified atom stereocenters. The maximum atomic E-state index is 11.0. The summed E-state index contributed by atoms with van der Waals surface area (Å²) in [7, 11) is -9.28. The molecule has 0 spiro atoms. The molecule has 0 aliphatic carbocycles. The summed E-state index contributed by atoms with van der Waals surface area (Å²) >= 11 is 0. The Labute approximate surface area is 92.0 Å². The van der Waals surface area contributed by atoms with E-state index in [1.165, 1.54) is 0 Å². The van der Waals surface area contributed by atoms with Gasteiger partial charge in [0.15, 0.2) is 0 Å². The van der Waals surface area contributed by atoms with Crippen LogP contribution >= 0.6 is 15.6 Å². The molecule has 0 fully saturated rings. The van der Waals surface area contributed by atoms with Gasteiger partial charge in [0.1, 0.15) is 0 Å². The minimum Gasteiger partial charge on any atom is -0.303 e. The second kappa shape index (κ2) is 8.11. The first-order valence-electron chi connectivity index (χ1n) is 3.02. The van der Waals surface area contributed by atoms with Gasteiger partial charge in [-0.05, 0) is 0 Å². The fourth-order valence-electron chi connectivity index (χ4n) is 0. The highest BCUT2D eigenvalue weighted by molar-refractivity contribution is 7.45. The first-order valence-corrected chi connectivity index (χ1v) is 6.15. The van der Waals surface area contributed by atoms with Gasteiger partial charge in [-0.25, -0.2) is 26.7 Å². The summed E-state index contributed by atoms with van der Waals surface area (Å²) in [5, 5.41) is 0. The molecule has 1 radical (unpaired) electrons. The third kappa shape index (κ3) is 87.8. The van der Waals surface area contributed by atoms with Crippen molar-refractivity contribution < 1.29 is 56.1 Å². The van der Waals surface area contributed by atoms with Crippen molar-refractivity contribution in [3.8, 4) is 0 Å². The Hall–Kier alpha value is -0.0600. The van der Waals surface area contributed by atoms with Crippen LogP contribution in [0.5, 0.6) is 0 Å². The minimum absolute atomic E-state index is 1.89. The molecule has 107 valence electrons. The molecule has 8 nitrogen and oxygen atoms in total. The maximum Gasteiger partial charge on any atom is 0.466 e. The van der Waals surface area contributed by atoms with Crippen LogP contribution in [0, 0.1) is 6.92 Å². The molecule has 0 bridgehead atoms. The highest BCUT2D eigenvalue weighted by Gasteiger charge is 2.34. The molecule has 0 heterocycles. The van der Waals surface area contributed by atoms with Crippen LogP contribution in [0.4, 0.5) is 17.6 Å². The molecule has 0 aromatic rings. The van der Waals surface area contributed by atoms with E-state index in [0.717, 1.165) is 0 Å². The van der Waals surface area contributed by atoms with Gasteiger partial charge in [-0.3, -0.25) is 0 Å². The topological polar surface area (TPSA) is 156 Å². The molecule has 6 N–H and O–H groups in total. The van der Waals surface area contributed by atoms with E-state index < -0.39 is 28.0 Å². The number of hydrogen-bond donors (Lipinski definition) is 6. The van der Waals surface area contributed by atoms with E-state index in [1.807, 2.05) is 6.92 Å². The van der Waals surface area contributed by atoms with Crippen LogP contribution in [0.3, 0.4) is 0 Å². The van der Waals surface area contributed by atoms with Crippen LogP contribution in [0.25, 0.3) is 0 Å². The van der Waals surface area contributed by atoms with Crippen LogP contribution in [-0.2, 0) is 9.13 Å². The van der Waals surface area contributed by atoms with E-state index in [0.29, 0.717) is 0 Å². The van der Waals surface area contributed by atoms with Crippen molar-refractivity contribution >= 4 is 15.6 Å². The van der Waals surface area contributed by atoms with Crippen molar-refractivity contribution in [2.24, 2.45) is 0 Å². The summed E-state index contributed by atoms with van der Waals surface area (Å²) in [5.74, 6) is -4.08. The van der Waals surface area contributed by atoms with E-state index in [1.54, 1.807) is 0 Å². The first kappa shape index (κ1) is 22.1. The van der Waals surface area contributed by atoms with Crippen LogP contribution in [0.15, 0.2) is 0 Å². The maximum absolute atomic E-state index is 11.0. The largest absolute Gasteiger partial charge is 0.466 e. The standard InChI is InChI=1S/C3H3F4.2H3O4P/c1-3(6,7)2(4)5;2*1-5(2,3)4/h2H,1H2;2*(H3,1,2,3,4). The second-order valence-electron chi connectivity index (χ2n) is 2.09. The van der Waals surface area contributed by atoms with Gasteiger partial charge in [-0.2, -0.15) is 0 Å². The summed E-state index contributed by atoms with van der Waals surface area (Å²) in [5.41, 5.74) is 0. The van der Waals surface area contributed by atoms with Crippen molar-refractivity contribution in [2.75, 3.05) is 0 Å². The third-order valence-corrected chi connectivity index (χ3v) is 0.319. The van der Waals surface area contributed by atoms with E-state index in [4.69, 9.17) is 38.5 Å². The van der Waals surface area contributed by atoms with E-state index in [2.05, 4.69) is 0 Å². The number of hydrogen-bond acceptors (Lipinski definition) is 2. The Morgan fingerprint density at radius 1 is 0.882 bits per heavy atom.